The summed E-state index contributed by atoms with van der Waals surface area (Å²) in [7, 11) is 0. The maximum atomic E-state index is 12.8. The molecule has 3 heterocycles. The number of thiazole rings is 1. The minimum atomic E-state index is -0.229. The number of nitrogens with zero attached hydrogens (tertiary/aromatic N) is 2. The Bertz CT molecular complexity index is 980. The number of benzene rings is 1. The summed E-state index contributed by atoms with van der Waals surface area (Å²) in [5, 5.41) is 5.75. The average molecular weight is 470 g/mol. The number of carbonyl (C=O) groups excluding carboxylic acids is 2. The van der Waals surface area contributed by atoms with Crippen molar-refractivity contribution in [1.29, 1.82) is 0 Å². The predicted octanol–water partition coefficient (Wildman–Crippen LogP) is 4.00. The first kappa shape index (κ1) is 22.2. The molecule has 176 valence electrons. The largest absolute Gasteiger partial charge is 0.486 e. The van der Waals surface area contributed by atoms with Crippen LogP contribution in [0.1, 0.15) is 66.4 Å². The van der Waals surface area contributed by atoms with E-state index in [1.807, 2.05) is 29.6 Å². The Kier molecular flexibility index (Phi) is 6.80. The lowest BCUT2D eigenvalue weighted by Gasteiger charge is -2.34. The molecule has 0 radical (unpaired) electrons. The Morgan fingerprint density at radius 2 is 1.82 bits per heavy atom. The molecule has 1 saturated carbocycles. The molecule has 8 heteroatoms. The predicted molar refractivity (Wildman–Crippen MR) is 126 cm³/mol. The Balaban J connectivity index is 1.09. The minimum Gasteiger partial charge on any atom is -0.486 e. The van der Waals surface area contributed by atoms with Crippen molar-refractivity contribution in [3.8, 4) is 11.5 Å². The summed E-state index contributed by atoms with van der Waals surface area (Å²) in [4.78, 5) is 32.1. The fourth-order valence-electron chi connectivity index (χ4n) is 4.99. The molecular weight excluding hydrogens is 438 g/mol. The van der Waals surface area contributed by atoms with Crippen LogP contribution in [0.15, 0.2) is 29.6 Å². The fourth-order valence-corrected chi connectivity index (χ4v) is 5.97. The zero-order chi connectivity index (χ0) is 22.6. The number of amides is 2. The van der Waals surface area contributed by atoms with Gasteiger partial charge in [0.2, 0.25) is 5.91 Å². The summed E-state index contributed by atoms with van der Waals surface area (Å²) in [5.41, 5.74) is 0.452. The Labute approximate surface area is 198 Å². The van der Waals surface area contributed by atoms with Crippen LogP contribution in [0.25, 0.3) is 0 Å². The second-order valence-corrected chi connectivity index (χ2v) is 10.1. The van der Waals surface area contributed by atoms with Crippen LogP contribution in [0.5, 0.6) is 11.5 Å². The smallest absolute Gasteiger partial charge is 0.270 e. The summed E-state index contributed by atoms with van der Waals surface area (Å²) in [6, 6.07) is 7.54. The number of hydrogen-bond donors (Lipinski definition) is 1. The highest BCUT2D eigenvalue weighted by Gasteiger charge is 2.31. The van der Waals surface area contributed by atoms with Gasteiger partial charge < -0.3 is 19.7 Å². The standard InChI is InChI=1S/C25H31N3O4S/c29-23(26-14-19-15-31-21-8-4-5-9-22(21)32-19)20-16-33-24(27-20)17-10-12-28(13-11-17)25(30)18-6-2-1-3-7-18/h4-5,8-9,16-19H,1-3,6-7,10-15H2,(H,26,29). The van der Waals surface area contributed by atoms with Crippen LogP contribution in [-0.2, 0) is 4.79 Å². The highest BCUT2D eigenvalue weighted by atomic mass is 32.1. The summed E-state index contributed by atoms with van der Waals surface area (Å²) in [5.74, 6) is 2.15. The SMILES string of the molecule is O=C(NCC1COc2ccccc2O1)c1csc(C2CCN(C(=O)C3CCCCC3)CC2)n1. The lowest BCUT2D eigenvalue weighted by Crippen LogP contribution is -2.42. The van der Waals surface area contributed by atoms with E-state index in [-0.39, 0.29) is 17.9 Å². The number of para-hydroxylation sites is 2. The van der Waals surface area contributed by atoms with Crippen LogP contribution in [0.2, 0.25) is 0 Å². The van der Waals surface area contributed by atoms with Gasteiger partial charge in [0.25, 0.3) is 5.91 Å². The molecule has 2 aromatic rings. The maximum absolute atomic E-state index is 12.8. The average Bonchev–Trinajstić information content (AvgIpc) is 3.38. The van der Waals surface area contributed by atoms with Crippen LogP contribution in [0.4, 0.5) is 0 Å². The van der Waals surface area contributed by atoms with Gasteiger partial charge in [0.15, 0.2) is 11.5 Å². The molecule has 3 aliphatic rings. The molecule has 2 fully saturated rings. The lowest BCUT2D eigenvalue weighted by molar-refractivity contribution is -0.137. The van der Waals surface area contributed by atoms with Crippen LogP contribution >= 0.6 is 11.3 Å². The van der Waals surface area contributed by atoms with Crippen molar-refractivity contribution in [3.63, 3.8) is 0 Å². The quantitative estimate of drug-likeness (QED) is 0.716. The highest BCUT2D eigenvalue weighted by Crippen LogP contribution is 2.33. The summed E-state index contributed by atoms with van der Waals surface area (Å²) < 4.78 is 11.6. The third-order valence-electron chi connectivity index (χ3n) is 6.92. The van der Waals surface area contributed by atoms with Crippen molar-refractivity contribution in [1.82, 2.24) is 15.2 Å². The molecule has 1 N–H and O–H groups in total. The molecule has 1 atom stereocenters. The molecule has 1 saturated heterocycles. The lowest BCUT2D eigenvalue weighted by atomic mass is 9.87. The molecule has 1 unspecified atom stereocenters. The van der Waals surface area contributed by atoms with Crippen molar-refractivity contribution in [2.24, 2.45) is 5.92 Å². The van der Waals surface area contributed by atoms with Crippen molar-refractivity contribution < 1.29 is 19.1 Å². The van der Waals surface area contributed by atoms with E-state index in [4.69, 9.17) is 9.47 Å². The van der Waals surface area contributed by atoms with Crippen molar-refractivity contribution >= 4 is 23.2 Å². The van der Waals surface area contributed by atoms with Crippen LogP contribution in [-0.4, -0.2) is 54.0 Å². The van der Waals surface area contributed by atoms with Gasteiger partial charge in [-0.2, -0.15) is 0 Å². The molecular formula is C25H31N3O4S. The Morgan fingerprint density at radius 1 is 1.06 bits per heavy atom. The second-order valence-electron chi connectivity index (χ2n) is 9.21. The van der Waals surface area contributed by atoms with Crippen molar-refractivity contribution in [2.75, 3.05) is 26.2 Å². The Hall–Kier alpha value is -2.61. The first-order valence-electron chi connectivity index (χ1n) is 12.1. The fraction of sp³-hybridized carbons (Fsp3) is 0.560. The van der Waals surface area contributed by atoms with Gasteiger partial charge in [-0.25, -0.2) is 4.98 Å². The van der Waals surface area contributed by atoms with Gasteiger partial charge in [0.05, 0.1) is 11.6 Å². The molecule has 1 aromatic carbocycles. The van der Waals surface area contributed by atoms with Crippen LogP contribution < -0.4 is 14.8 Å². The first-order valence-corrected chi connectivity index (χ1v) is 13.0. The number of aromatic nitrogens is 1. The van der Waals surface area contributed by atoms with E-state index < -0.39 is 0 Å². The van der Waals surface area contributed by atoms with Gasteiger partial charge in [-0.1, -0.05) is 31.4 Å². The number of rotatable bonds is 5. The number of likely N-dealkylation sites (tertiary alicyclic amines) is 1. The number of ether oxygens (including phenoxy) is 2. The third kappa shape index (κ3) is 5.16. The van der Waals surface area contributed by atoms with E-state index in [2.05, 4.69) is 15.2 Å². The number of nitrogens with one attached hydrogen (secondary N) is 1. The number of carbonyl (C=O) groups is 2. The molecule has 33 heavy (non-hydrogen) atoms. The molecule has 7 nitrogen and oxygen atoms in total. The number of fused-ring (bicyclic) bond motifs is 1. The van der Waals surface area contributed by atoms with Gasteiger partial charge in [-0.15, -0.1) is 11.3 Å². The second kappa shape index (κ2) is 10.1. The molecule has 2 amide bonds. The molecule has 1 aliphatic carbocycles. The van der Waals surface area contributed by atoms with E-state index in [9.17, 15) is 9.59 Å². The zero-order valence-electron chi connectivity index (χ0n) is 18.8. The minimum absolute atomic E-state index is 0.190. The number of hydrogen-bond acceptors (Lipinski definition) is 6. The van der Waals surface area contributed by atoms with E-state index >= 15 is 0 Å². The van der Waals surface area contributed by atoms with Crippen molar-refractivity contribution in [3.05, 3.63) is 40.3 Å². The van der Waals surface area contributed by atoms with E-state index in [1.165, 1.54) is 19.3 Å². The van der Waals surface area contributed by atoms with Gasteiger partial charge in [-0.3, -0.25) is 9.59 Å². The van der Waals surface area contributed by atoms with Crippen molar-refractivity contribution in [2.45, 2.75) is 57.0 Å². The number of piperidine rings is 1. The van der Waals surface area contributed by atoms with E-state index in [0.29, 0.717) is 36.4 Å². The summed E-state index contributed by atoms with van der Waals surface area (Å²) >= 11 is 1.54. The Morgan fingerprint density at radius 3 is 2.61 bits per heavy atom. The normalized spacial score (nSPS) is 21.6. The van der Waals surface area contributed by atoms with E-state index in [1.54, 1.807) is 11.3 Å². The molecule has 5 rings (SSSR count). The zero-order valence-corrected chi connectivity index (χ0v) is 19.6. The third-order valence-corrected chi connectivity index (χ3v) is 7.93. The van der Waals surface area contributed by atoms with Gasteiger partial charge >= 0.3 is 0 Å². The monoisotopic (exact) mass is 469 g/mol. The molecule has 0 spiro atoms. The van der Waals surface area contributed by atoms with Crippen LogP contribution in [0.3, 0.4) is 0 Å². The maximum Gasteiger partial charge on any atom is 0.270 e. The van der Waals surface area contributed by atoms with Gasteiger partial charge in [0, 0.05) is 30.3 Å². The topological polar surface area (TPSA) is 80.8 Å². The van der Waals surface area contributed by atoms with E-state index in [0.717, 1.165) is 49.5 Å². The van der Waals surface area contributed by atoms with Crippen LogP contribution in [0, 0.1) is 5.92 Å². The highest BCUT2D eigenvalue weighted by molar-refractivity contribution is 7.09. The molecule has 0 bridgehead atoms. The summed E-state index contributed by atoms with van der Waals surface area (Å²) in [6.07, 6.45) is 7.34. The molecule has 2 aliphatic heterocycles. The van der Waals surface area contributed by atoms with Gasteiger partial charge in [-0.05, 0) is 37.8 Å². The first-order chi connectivity index (χ1) is 16.2. The van der Waals surface area contributed by atoms with Gasteiger partial charge in [0.1, 0.15) is 18.4 Å². The molecule has 1 aromatic heterocycles. The summed E-state index contributed by atoms with van der Waals surface area (Å²) in [6.45, 7) is 2.35.